The number of aromatic nitrogens is 1. The Morgan fingerprint density at radius 2 is 0.672 bits per heavy atom. The third kappa shape index (κ3) is 5.21. The first kappa shape index (κ1) is 32.9. The highest BCUT2D eigenvalue weighted by Gasteiger charge is 2.17. The van der Waals surface area contributed by atoms with Gasteiger partial charge in [-0.05, 0) is 142 Å². The van der Waals surface area contributed by atoms with E-state index in [4.69, 9.17) is 4.98 Å². The molecule has 0 radical (unpaired) electrons. The van der Waals surface area contributed by atoms with Gasteiger partial charge >= 0.3 is 0 Å². The average Bonchev–Trinajstić information content (AvgIpc) is 3.74. The second-order valence-corrected chi connectivity index (χ2v) is 16.1. The summed E-state index contributed by atoms with van der Waals surface area (Å²) in [4.78, 5) is 7.34. The molecule has 2 nitrogen and oxygen atoms in total. The van der Waals surface area contributed by atoms with Crippen LogP contribution in [-0.4, -0.2) is 4.98 Å². The highest BCUT2D eigenvalue weighted by Crippen LogP contribution is 2.43. The molecule has 0 fully saturated rings. The van der Waals surface area contributed by atoms with Crippen LogP contribution >= 0.6 is 11.3 Å². The van der Waals surface area contributed by atoms with Gasteiger partial charge in [0, 0.05) is 22.6 Å². The molecule has 0 amide bonds. The number of hydrogen-bond acceptors (Lipinski definition) is 3. The minimum atomic E-state index is 1.03. The molecule has 0 spiro atoms. The van der Waals surface area contributed by atoms with Crippen molar-refractivity contribution in [2.45, 2.75) is 0 Å². The van der Waals surface area contributed by atoms with Crippen LogP contribution in [0.15, 0.2) is 206 Å². The Labute approximate surface area is 339 Å². The molecule has 58 heavy (non-hydrogen) atoms. The molecule has 0 saturated heterocycles. The van der Waals surface area contributed by atoms with E-state index >= 15 is 0 Å². The van der Waals surface area contributed by atoms with Crippen LogP contribution < -0.4 is 4.90 Å². The molecule has 11 aromatic carbocycles. The fourth-order valence-electron chi connectivity index (χ4n) is 9.12. The Hall–Kier alpha value is -7.33. The van der Waals surface area contributed by atoms with Crippen molar-refractivity contribution in [3.05, 3.63) is 206 Å². The number of benzene rings is 11. The van der Waals surface area contributed by atoms with Crippen molar-refractivity contribution in [3.8, 4) is 21.7 Å². The molecule has 0 aliphatic rings. The lowest BCUT2D eigenvalue weighted by Gasteiger charge is -2.26. The maximum absolute atomic E-state index is 4.96. The van der Waals surface area contributed by atoms with Gasteiger partial charge in [-0.1, -0.05) is 140 Å². The number of hydrogen-bond donors (Lipinski definition) is 0. The molecule has 3 heteroatoms. The number of para-hydroxylation sites is 1. The molecule has 1 aromatic heterocycles. The van der Waals surface area contributed by atoms with Crippen LogP contribution in [0.2, 0.25) is 0 Å². The lowest BCUT2D eigenvalue weighted by atomic mass is 9.92. The molecule has 12 rings (SSSR count). The van der Waals surface area contributed by atoms with Crippen LogP contribution in [-0.2, 0) is 0 Å². The van der Waals surface area contributed by atoms with Crippen molar-refractivity contribution in [1.29, 1.82) is 0 Å². The molecule has 0 aliphatic heterocycles. The summed E-state index contributed by atoms with van der Waals surface area (Å²) in [5.41, 5.74) is 7.84. The smallest absolute Gasteiger partial charge is 0.124 e. The first-order valence-corrected chi connectivity index (χ1v) is 20.6. The van der Waals surface area contributed by atoms with Crippen LogP contribution in [0.3, 0.4) is 0 Å². The van der Waals surface area contributed by atoms with Crippen LogP contribution in [0.1, 0.15) is 0 Å². The fraction of sp³-hybridized carbons (Fsp3) is 0. The standard InChI is InChI=1S/C55H34N2S/c1-3-15-45-41(11-1)43-13-5-7-17-47(43)51-33-37(25-31-49(45)51)35-21-26-38(27-22-35)57(39-28-23-36(24-29-39)55-56-53-19-9-10-20-54(53)58-55)40-30-32-50-46-16-4-2-12-42(46)44-14-6-8-18-48(44)52(50)34-40/h1-34H. The third-order valence-corrected chi connectivity index (χ3v) is 12.9. The van der Waals surface area contributed by atoms with Gasteiger partial charge in [0.25, 0.3) is 0 Å². The van der Waals surface area contributed by atoms with Crippen LogP contribution in [0.25, 0.3) is 96.5 Å². The molecule has 270 valence electrons. The maximum atomic E-state index is 4.96. The van der Waals surface area contributed by atoms with Crippen molar-refractivity contribution in [2.24, 2.45) is 0 Å². The van der Waals surface area contributed by atoms with E-state index in [-0.39, 0.29) is 0 Å². The molecule has 1 heterocycles. The van der Waals surface area contributed by atoms with Gasteiger partial charge in [0.2, 0.25) is 0 Å². The molecule has 0 bridgehead atoms. The van der Waals surface area contributed by atoms with Crippen molar-refractivity contribution in [2.75, 3.05) is 4.90 Å². The van der Waals surface area contributed by atoms with Crippen LogP contribution in [0, 0.1) is 0 Å². The topological polar surface area (TPSA) is 16.1 Å². The number of nitrogens with zero attached hydrogens (tertiary/aromatic N) is 2. The summed E-state index contributed by atoms with van der Waals surface area (Å²) < 4.78 is 1.20. The summed E-state index contributed by atoms with van der Waals surface area (Å²) >= 11 is 1.74. The number of thiazole rings is 1. The first-order chi connectivity index (χ1) is 28.7. The summed E-state index contributed by atoms with van der Waals surface area (Å²) in [6, 6.07) is 75.4. The quantitative estimate of drug-likeness (QED) is 0.163. The highest BCUT2D eigenvalue weighted by molar-refractivity contribution is 7.21. The molecular formula is C55H34N2S. The second-order valence-electron chi connectivity index (χ2n) is 15.1. The molecule has 0 saturated carbocycles. The second kappa shape index (κ2) is 13.1. The first-order valence-electron chi connectivity index (χ1n) is 19.8. The SMILES string of the molecule is c1ccc2sc(-c3ccc(N(c4ccc(-c5ccc6c7ccccc7c7ccccc7c6c5)cc4)c4ccc5c6ccccc6c6ccccc6c5c4)cc3)nc2c1. The molecule has 0 aliphatic carbocycles. The summed E-state index contributed by atoms with van der Waals surface area (Å²) in [5, 5.41) is 16.4. The monoisotopic (exact) mass is 754 g/mol. The van der Waals surface area contributed by atoms with E-state index in [1.54, 1.807) is 11.3 Å². The minimum Gasteiger partial charge on any atom is -0.310 e. The molecule has 0 N–H and O–H groups in total. The van der Waals surface area contributed by atoms with E-state index in [0.717, 1.165) is 33.1 Å². The van der Waals surface area contributed by atoms with Crippen molar-refractivity contribution >= 4 is 103 Å². The van der Waals surface area contributed by atoms with Gasteiger partial charge in [0.05, 0.1) is 10.2 Å². The van der Waals surface area contributed by atoms with Crippen LogP contribution in [0.4, 0.5) is 17.1 Å². The minimum absolute atomic E-state index is 1.03. The fourth-order valence-corrected chi connectivity index (χ4v) is 10.1. The van der Waals surface area contributed by atoms with E-state index in [9.17, 15) is 0 Å². The highest BCUT2D eigenvalue weighted by atomic mass is 32.1. The van der Waals surface area contributed by atoms with E-state index in [1.165, 1.54) is 80.5 Å². The van der Waals surface area contributed by atoms with Gasteiger partial charge in [0.15, 0.2) is 0 Å². The predicted octanol–water partition coefficient (Wildman–Crippen LogP) is 16.0. The summed E-state index contributed by atoms with van der Waals surface area (Å²) in [6.45, 7) is 0. The molecular weight excluding hydrogens is 721 g/mol. The lowest BCUT2D eigenvalue weighted by molar-refractivity contribution is 1.29. The van der Waals surface area contributed by atoms with Gasteiger partial charge in [0.1, 0.15) is 5.01 Å². The van der Waals surface area contributed by atoms with E-state index < -0.39 is 0 Å². The Morgan fingerprint density at radius 1 is 0.293 bits per heavy atom. The number of rotatable bonds is 5. The van der Waals surface area contributed by atoms with E-state index in [0.29, 0.717) is 0 Å². The zero-order valence-corrected chi connectivity index (χ0v) is 32.2. The number of fused-ring (bicyclic) bond motifs is 13. The third-order valence-electron chi connectivity index (χ3n) is 11.9. The average molecular weight is 755 g/mol. The van der Waals surface area contributed by atoms with Crippen molar-refractivity contribution in [1.82, 2.24) is 4.98 Å². The zero-order chi connectivity index (χ0) is 38.2. The Balaban J connectivity index is 1.00. The van der Waals surface area contributed by atoms with Crippen molar-refractivity contribution < 1.29 is 0 Å². The van der Waals surface area contributed by atoms with Crippen LogP contribution in [0.5, 0.6) is 0 Å². The normalized spacial score (nSPS) is 11.8. The van der Waals surface area contributed by atoms with Gasteiger partial charge in [-0.2, -0.15) is 0 Å². The largest absolute Gasteiger partial charge is 0.310 e. The number of anilines is 3. The predicted molar refractivity (Wildman–Crippen MR) is 250 cm³/mol. The zero-order valence-electron chi connectivity index (χ0n) is 31.4. The van der Waals surface area contributed by atoms with Crippen molar-refractivity contribution in [3.63, 3.8) is 0 Å². The Bertz CT molecular complexity index is 3460. The molecule has 0 atom stereocenters. The summed E-state index contributed by atoms with van der Waals surface area (Å²) in [6.07, 6.45) is 0. The summed E-state index contributed by atoms with van der Waals surface area (Å²) in [7, 11) is 0. The molecule has 0 unspecified atom stereocenters. The summed E-state index contributed by atoms with van der Waals surface area (Å²) in [5.74, 6) is 0. The lowest BCUT2D eigenvalue weighted by Crippen LogP contribution is -2.10. The van der Waals surface area contributed by atoms with Gasteiger partial charge < -0.3 is 4.90 Å². The Kier molecular flexibility index (Phi) is 7.44. The van der Waals surface area contributed by atoms with Gasteiger partial charge in [-0.15, -0.1) is 11.3 Å². The van der Waals surface area contributed by atoms with Gasteiger partial charge in [-0.3, -0.25) is 0 Å². The Morgan fingerprint density at radius 3 is 1.19 bits per heavy atom. The van der Waals surface area contributed by atoms with Gasteiger partial charge in [-0.25, -0.2) is 4.98 Å². The van der Waals surface area contributed by atoms with E-state index in [2.05, 4.69) is 211 Å². The molecule has 12 aromatic rings. The van der Waals surface area contributed by atoms with E-state index in [1.807, 2.05) is 0 Å². The maximum Gasteiger partial charge on any atom is 0.124 e.